The number of rotatable bonds is 7. The molecule has 24 heavy (non-hydrogen) atoms. The summed E-state index contributed by atoms with van der Waals surface area (Å²) in [5, 5.41) is 13.0. The maximum Gasteiger partial charge on any atom is 0.387 e. The summed E-state index contributed by atoms with van der Waals surface area (Å²) in [4.78, 5) is 23.0. The first-order valence-electron chi connectivity index (χ1n) is 7.02. The summed E-state index contributed by atoms with van der Waals surface area (Å²) >= 11 is 0.998. The summed E-state index contributed by atoms with van der Waals surface area (Å²) < 4.78 is 28.9. The summed E-state index contributed by atoms with van der Waals surface area (Å²) in [6, 6.07) is 7.98. The number of ether oxygens (including phenoxy) is 1. The molecule has 0 aliphatic carbocycles. The molecule has 0 saturated heterocycles. The van der Waals surface area contributed by atoms with Gasteiger partial charge in [0.05, 0.1) is 5.92 Å². The van der Waals surface area contributed by atoms with Crippen LogP contribution in [0, 0.1) is 5.92 Å². The second-order valence-electron chi connectivity index (χ2n) is 5.09. The SMILES string of the molecule is CC(Cc1ccc(NC(=O)c2sccc2OC(F)F)cc1)C(=O)O. The Labute approximate surface area is 140 Å². The molecule has 128 valence electrons. The van der Waals surface area contributed by atoms with Crippen molar-refractivity contribution in [3.8, 4) is 5.75 Å². The zero-order chi connectivity index (χ0) is 17.7. The number of hydrogen-bond donors (Lipinski definition) is 2. The van der Waals surface area contributed by atoms with Crippen LogP contribution < -0.4 is 10.1 Å². The van der Waals surface area contributed by atoms with Crippen molar-refractivity contribution >= 4 is 28.9 Å². The van der Waals surface area contributed by atoms with Crippen molar-refractivity contribution in [3.05, 3.63) is 46.2 Å². The van der Waals surface area contributed by atoms with E-state index in [0.29, 0.717) is 12.1 Å². The molecule has 1 aromatic carbocycles. The molecule has 2 N–H and O–H groups in total. The molecule has 0 aliphatic heterocycles. The first-order chi connectivity index (χ1) is 11.4. The monoisotopic (exact) mass is 355 g/mol. The van der Waals surface area contributed by atoms with E-state index in [0.717, 1.165) is 16.9 Å². The molecule has 0 spiro atoms. The maximum atomic E-state index is 12.3. The highest BCUT2D eigenvalue weighted by Gasteiger charge is 2.18. The van der Waals surface area contributed by atoms with Gasteiger partial charge in [0, 0.05) is 5.69 Å². The first-order valence-corrected chi connectivity index (χ1v) is 7.90. The summed E-state index contributed by atoms with van der Waals surface area (Å²) in [6.07, 6.45) is 0.376. The van der Waals surface area contributed by atoms with Crippen molar-refractivity contribution in [2.24, 2.45) is 5.92 Å². The van der Waals surface area contributed by atoms with E-state index in [9.17, 15) is 18.4 Å². The second kappa shape index (κ2) is 7.87. The molecule has 0 aliphatic rings. The molecule has 1 atom stereocenters. The highest BCUT2D eigenvalue weighted by atomic mass is 32.1. The van der Waals surface area contributed by atoms with E-state index in [1.807, 2.05) is 0 Å². The molecule has 2 aromatic rings. The minimum absolute atomic E-state index is 0.0545. The van der Waals surface area contributed by atoms with E-state index in [4.69, 9.17) is 5.11 Å². The van der Waals surface area contributed by atoms with Crippen molar-refractivity contribution in [3.63, 3.8) is 0 Å². The molecule has 1 aromatic heterocycles. The third-order valence-electron chi connectivity index (χ3n) is 3.23. The van der Waals surface area contributed by atoms with E-state index in [1.165, 1.54) is 11.4 Å². The van der Waals surface area contributed by atoms with Gasteiger partial charge in [0.2, 0.25) is 0 Å². The lowest BCUT2D eigenvalue weighted by Gasteiger charge is -2.09. The van der Waals surface area contributed by atoms with Crippen LogP contribution in [0.1, 0.15) is 22.2 Å². The summed E-state index contributed by atoms with van der Waals surface area (Å²) in [5.74, 6) is -2.10. The van der Waals surface area contributed by atoms with Gasteiger partial charge in [-0.3, -0.25) is 9.59 Å². The van der Waals surface area contributed by atoms with E-state index < -0.39 is 24.4 Å². The van der Waals surface area contributed by atoms with E-state index in [2.05, 4.69) is 10.1 Å². The normalized spacial score (nSPS) is 12.0. The number of aliphatic carboxylic acids is 1. The van der Waals surface area contributed by atoms with Gasteiger partial charge >= 0.3 is 12.6 Å². The lowest BCUT2D eigenvalue weighted by molar-refractivity contribution is -0.141. The predicted octanol–water partition coefficient (Wildman–Crippen LogP) is 3.87. The number of carboxylic acids is 1. The number of halogens is 2. The van der Waals surface area contributed by atoms with Crippen molar-refractivity contribution in [2.75, 3.05) is 5.32 Å². The number of anilines is 1. The Morgan fingerprint density at radius 1 is 1.25 bits per heavy atom. The predicted molar refractivity (Wildman–Crippen MR) is 85.9 cm³/mol. The Morgan fingerprint density at radius 2 is 1.92 bits per heavy atom. The van der Waals surface area contributed by atoms with E-state index in [-0.39, 0.29) is 10.6 Å². The van der Waals surface area contributed by atoms with E-state index in [1.54, 1.807) is 31.2 Å². The number of carbonyl (C=O) groups is 2. The molecule has 0 saturated carbocycles. The lowest BCUT2D eigenvalue weighted by atomic mass is 10.0. The summed E-state index contributed by atoms with van der Waals surface area (Å²) in [5.41, 5.74) is 1.30. The number of carbonyl (C=O) groups excluding carboxylic acids is 1. The Hall–Kier alpha value is -2.48. The molecule has 1 heterocycles. The minimum Gasteiger partial charge on any atom is -0.481 e. The van der Waals surface area contributed by atoms with Crippen molar-refractivity contribution in [1.82, 2.24) is 0 Å². The lowest BCUT2D eigenvalue weighted by Crippen LogP contribution is -2.13. The third-order valence-corrected chi connectivity index (χ3v) is 4.12. The quantitative estimate of drug-likeness (QED) is 0.791. The average Bonchev–Trinajstić information content (AvgIpc) is 2.96. The van der Waals surface area contributed by atoms with Crippen molar-refractivity contribution < 1.29 is 28.2 Å². The van der Waals surface area contributed by atoms with Crippen molar-refractivity contribution in [1.29, 1.82) is 0 Å². The van der Waals surface area contributed by atoms with Gasteiger partial charge in [-0.1, -0.05) is 19.1 Å². The minimum atomic E-state index is -3.00. The number of alkyl halides is 2. The molecule has 5 nitrogen and oxygen atoms in total. The molecule has 0 fully saturated rings. The fourth-order valence-electron chi connectivity index (χ4n) is 2.00. The average molecular weight is 355 g/mol. The van der Waals surface area contributed by atoms with Gasteiger partial charge in [-0.15, -0.1) is 11.3 Å². The number of hydrogen-bond acceptors (Lipinski definition) is 4. The van der Waals surface area contributed by atoms with Gasteiger partial charge in [-0.2, -0.15) is 8.78 Å². The van der Waals surface area contributed by atoms with Gasteiger partial charge < -0.3 is 15.2 Å². The summed E-state index contributed by atoms with van der Waals surface area (Å²) in [6.45, 7) is -1.39. The van der Waals surface area contributed by atoms with Gasteiger partial charge in [0.25, 0.3) is 5.91 Å². The van der Waals surface area contributed by atoms with Crippen LogP contribution in [-0.4, -0.2) is 23.6 Å². The molecule has 0 bridgehead atoms. The molecular formula is C16H15F2NO4S. The maximum absolute atomic E-state index is 12.3. The molecule has 2 rings (SSSR count). The molecule has 1 amide bonds. The Bertz CT molecular complexity index is 715. The van der Waals surface area contributed by atoms with Crippen LogP contribution in [0.4, 0.5) is 14.5 Å². The highest BCUT2D eigenvalue weighted by molar-refractivity contribution is 7.12. The second-order valence-corrected chi connectivity index (χ2v) is 6.00. The molecule has 8 heteroatoms. The number of nitrogens with one attached hydrogen (secondary N) is 1. The van der Waals surface area contributed by atoms with Crippen LogP contribution in [0.2, 0.25) is 0 Å². The molecular weight excluding hydrogens is 340 g/mol. The zero-order valence-corrected chi connectivity index (χ0v) is 13.5. The van der Waals surface area contributed by atoms with Gasteiger partial charge in [0.15, 0.2) is 0 Å². The number of amides is 1. The van der Waals surface area contributed by atoms with Crippen LogP contribution in [0.5, 0.6) is 5.75 Å². The fourth-order valence-corrected chi connectivity index (χ4v) is 2.72. The summed E-state index contributed by atoms with van der Waals surface area (Å²) in [7, 11) is 0. The highest BCUT2D eigenvalue weighted by Crippen LogP contribution is 2.27. The third kappa shape index (κ3) is 4.76. The van der Waals surface area contributed by atoms with Gasteiger partial charge in [0.1, 0.15) is 10.6 Å². The number of benzene rings is 1. The molecule has 1 unspecified atom stereocenters. The van der Waals surface area contributed by atoms with Crippen LogP contribution >= 0.6 is 11.3 Å². The smallest absolute Gasteiger partial charge is 0.387 e. The Morgan fingerprint density at radius 3 is 2.50 bits per heavy atom. The topological polar surface area (TPSA) is 75.6 Å². The largest absolute Gasteiger partial charge is 0.481 e. The van der Waals surface area contributed by atoms with Gasteiger partial charge in [-0.05, 0) is 35.6 Å². The van der Waals surface area contributed by atoms with Crippen molar-refractivity contribution in [2.45, 2.75) is 20.0 Å². The Balaban J connectivity index is 2.02. The van der Waals surface area contributed by atoms with Crippen LogP contribution in [0.3, 0.4) is 0 Å². The first kappa shape index (κ1) is 17.9. The van der Waals surface area contributed by atoms with Gasteiger partial charge in [-0.25, -0.2) is 0 Å². The fraction of sp³-hybridized carbons (Fsp3) is 0.250. The van der Waals surface area contributed by atoms with Crippen LogP contribution in [0.15, 0.2) is 35.7 Å². The number of carboxylic acid groups (broad SMARTS) is 1. The van der Waals surface area contributed by atoms with Crippen LogP contribution in [0.25, 0.3) is 0 Å². The zero-order valence-electron chi connectivity index (χ0n) is 12.7. The Kier molecular flexibility index (Phi) is 5.86. The van der Waals surface area contributed by atoms with Crippen LogP contribution in [-0.2, 0) is 11.2 Å². The standard InChI is InChI=1S/C16H15F2NO4S/c1-9(15(21)22)8-10-2-4-11(5-3-10)19-14(20)13-12(6-7-24-13)23-16(17)18/h2-7,9,16H,8H2,1H3,(H,19,20)(H,21,22). The van der Waals surface area contributed by atoms with E-state index >= 15 is 0 Å². The number of thiophene rings is 1. The molecule has 0 radical (unpaired) electrons.